The van der Waals surface area contributed by atoms with Gasteiger partial charge in [-0.3, -0.25) is 9.89 Å². The summed E-state index contributed by atoms with van der Waals surface area (Å²) in [6.45, 7) is 8.79. The number of methoxy groups -OCH3 is 1. The highest BCUT2D eigenvalue weighted by molar-refractivity contribution is 14.0. The number of morpholine rings is 1. The van der Waals surface area contributed by atoms with Crippen LogP contribution in [-0.4, -0.2) is 74.6 Å². The summed E-state index contributed by atoms with van der Waals surface area (Å²) in [5.41, 5.74) is 1.23. The molecule has 1 atom stereocenters. The Balaban J connectivity index is 0.00000363. The van der Waals surface area contributed by atoms with Crippen molar-refractivity contribution >= 4 is 29.9 Å². The van der Waals surface area contributed by atoms with Gasteiger partial charge < -0.3 is 24.6 Å². The van der Waals surface area contributed by atoms with Crippen molar-refractivity contribution in [2.75, 3.05) is 53.6 Å². The fraction of sp³-hybridized carbons (Fsp3) is 0.591. The maximum atomic E-state index is 5.54. The molecule has 1 fully saturated rings. The van der Waals surface area contributed by atoms with Gasteiger partial charge in [0.25, 0.3) is 0 Å². The van der Waals surface area contributed by atoms with Crippen molar-refractivity contribution in [2.24, 2.45) is 4.99 Å². The van der Waals surface area contributed by atoms with Crippen LogP contribution >= 0.6 is 24.0 Å². The summed E-state index contributed by atoms with van der Waals surface area (Å²) in [5, 5.41) is 10.8. The number of hydrogen-bond acceptors (Lipinski definition) is 7. The third-order valence-corrected chi connectivity index (χ3v) is 5.30. The minimum absolute atomic E-state index is 0. The second-order valence-corrected chi connectivity index (χ2v) is 7.77. The third-order valence-electron chi connectivity index (χ3n) is 5.30. The number of hydrogen-bond donors (Lipinski definition) is 2. The molecule has 2 aromatic rings. The molecule has 1 aliphatic heterocycles. The number of benzene rings is 1. The van der Waals surface area contributed by atoms with Crippen LogP contribution in [0.4, 0.5) is 0 Å². The van der Waals surface area contributed by atoms with Crippen molar-refractivity contribution in [3.8, 4) is 5.75 Å². The van der Waals surface area contributed by atoms with Crippen molar-refractivity contribution in [1.29, 1.82) is 0 Å². The highest BCUT2D eigenvalue weighted by Gasteiger charge is 2.23. The Morgan fingerprint density at radius 3 is 2.50 bits per heavy atom. The third kappa shape index (κ3) is 7.59. The molecule has 0 spiro atoms. The fourth-order valence-corrected chi connectivity index (χ4v) is 3.48. The van der Waals surface area contributed by atoms with E-state index in [9.17, 15) is 0 Å². The molecule has 1 aromatic carbocycles. The summed E-state index contributed by atoms with van der Waals surface area (Å²) in [4.78, 5) is 11.2. The number of halogens is 1. The zero-order valence-corrected chi connectivity index (χ0v) is 21.7. The van der Waals surface area contributed by atoms with Crippen LogP contribution in [0.2, 0.25) is 0 Å². The molecule has 2 N–H and O–H groups in total. The molecule has 0 radical (unpaired) electrons. The van der Waals surface area contributed by atoms with E-state index in [-0.39, 0.29) is 35.9 Å². The van der Waals surface area contributed by atoms with Gasteiger partial charge in [-0.25, -0.2) is 0 Å². The summed E-state index contributed by atoms with van der Waals surface area (Å²) in [6, 6.07) is 8.47. The standard InChI is InChI=1S/C22H34N6O3.HI/c1-16(2)21-26-20(31-27-21)9-10-24-22(23-3)25-15-19(28-11-13-30-14-12-28)17-5-7-18(29-4)8-6-17;/h5-8,16,19H,9-15H2,1-4H3,(H2,23,24,25);1H. The van der Waals surface area contributed by atoms with Crippen molar-refractivity contribution in [3.63, 3.8) is 0 Å². The minimum atomic E-state index is 0. The number of aromatic nitrogens is 2. The van der Waals surface area contributed by atoms with E-state index in [0.29, 0.717) is 18.9 Å². The predicted octanol–water partition coefficient (Wildman–Crippen LogP) is 2.60. The number of ether oxygens (including phenoxy) is 2. The first-order valence-electron chi connectivity index (χ1n) is 10.8. The lowest BCUT2D eigenvalue weighted by molar-refractivity contribution is 0.0170. The number of aliphatic imine (C=N–C) groups is 1. The zero-order chi connectivity index (χ0) is 22.1. The molecule has 10 heteroatoms. The van der Waals surface area contributed by atoms with E-state index in [2.05, 4.69) is 42.8 Å². The first kappa shape index (κ1) is 26.3. The predicted molar refractivity (Wildman–Crippen MR) is 135 cm³/mol. The molecule has 9 nitrogen and oxygen atoms in total. The second kappa shape index (κ2) is 13.6. The maximum absolute atomic E-state index is 5.54. The van der Waals surface area contributed by atoms with Gasteiger partial charge in [0.1, 0.15) is 5.75 Å². The van der Waals surface area contributed by atoms with Gasteiger partial charge in [-0.1, -0.05) is 31.1 Å². The van der Waals surface area contributed by atoms with Gasteiger partial charge in [0.2, 0.25) is 5.89 Å². The van der Waals surface area contributed by atoms with Gasteiger partial charge in [0.15, 0.2) is 11.8 Å². The largest absolute Gasteiger partial charge is 0.497 e. The molecule has 32 heavy (non-hydrogen) atoms. The Morgan fingerprint density at radius 1 is 1.19 bits per heavy atom. The van der Waals surface area contributed by atoms with Crippen molar-refractivity contribution in [1.82, 2.24) is 25.7 Å². The molecule has 2 heterocycles. The monoisotopic (exact) mass is 558 g/mol. The van der Waals surface area contributed by atoms with E-state index >= 15 is 0 Å². The van der Waals surface area contributed by atoms with E-state index in [4.69, 9.17) is 14.0 Å². The minimum Gasteiger partial charge on any atom is -0.497 e. The Morgan fingerprint density at radius 2 is 1.91 bits per heavy atom. The Hall–Kier alpha value is -1.92. The van der Waals surface area contributed by atoms with Gasteiger partial charge in [-0.2, -0.15) is 4.98 Å². The Kier molecular flexibility index (Phi) is 11.2. The molecule has 0 amide bonds. The van der Waals surface area contributed by atoms with E-state index in [1.165, 1.54) is 5.56 Å². The number of rotatable bonds is 9. The highest BCUT2D eigenvalue weighted by Crippen LogP contribution is 2.23. The van der Waals surface area contributed by atoms with Crippen LogP contribution in [-0.2, 0) is 11.2 Å². The van der Waals surface area contributed by atoms with Crippen LogP contribution < -0.4 is 15.4 Å². The Bertz CT molecular complexity index is 821. The fourth-order valence-electron chi connectivity index (χ4n) is 3.48. The zero-order valence-electron chi connectivity index (χ0n) is 19.3. The van der Waals surface area contributed by atoms with Crippen LogP contribution in [0.25, 0.3) is 0 Å². The SMILES string of the molecule is CN=C(NCCc1nc(C(C)C)no1)NCC(c1ccc(OC)cc1)N1CCOCC1.I. The van der Waals surface area contributed by atoms with Gasteiger partial charge in [0, 0.05) is 45.6 Å². The first-order chi connectivity index (χ1) is 15.1. The van der Waals surface area contributed by atoms with Crippen LogP contribution in [0.15, 0.2) is 33.8 Å². The molecule has 1 saturated heterocycles. The normalized spacial score (nSPS) is 15.8. The van der Waals surface area contributed by atoms with Crippen LogP contribution in [0, 0.1) is 0 Å². The summed E-state index contributed by atoms with van der Waals surface area (Å²) in [6.07, 6.45) is 0.645. The van der Waals surface area contributed by atoms with Crippen LogP contribution in [0.1, 0.15) is 43.1 Å². The lowest BCUT2D eigenvalue weighted by atomic mass is 10.0. The maximum Gasteiger partial charge on any atom is 0.228 e. The van der Waals surface area contributed by atoms with Crippen LogP contribution in [0.3, 0.4) is 0 Å². The molecule has 0 bridgehead atoms. The van der Waals surface area contributed by atoms with Crippen molar-refractivity contribution < 1.29 is 14.0 Å². The molecule has 0 saturated carbocycles. The van der Waals surface area contributed by atoms with Crippen molar-refractivity contribution in [2.45, 2.75) is 32.2 Å². The van der Waals surface area contributed by atoms with Crippen LogP contribution in [0.5, 0.6) is 5.75 Å². The average Bonchev–Trinajstić information content (AvgIpc) is 3.28. The van der Waals surface area contributed by atoms with E-state index in [1.54, 1.807) is 14.2 Å². The molecule has 3 rings (SSSR count). The molecule has 1 aromatic heterocycles. The summed E-state index contributed by atoms with van der Waals surface area (Å²) in [5.74, 6) is 3.24. The second-order valence-electron chi connectivity index (χ2n) is 7.77. The highest BCUT2D eigenvalue weighted by atomic mass is 127. The topological polar surface area (TPSA) is 97.0 Å². The van der Waals surface area contributed by atoms with E-state index in [0.717, 1.165) is 50.4 Å². The molecule has 0 aliphatic carbocycles. The smallest absolute Gasteiger partial charge is 0.228 e. The average molecular weight is 558 g/mol. The van der Waals surface area contributed by atoms with Gasteiger partial charge in [-0.15, -0.1) is 24.0 Å². The van der Waals surface area contributed by atoms with Crippen molar-refractivity contribution in [3.05, 3.63) is 41.5 Å². The number of nitrogens with one attached hydrogen (secondary N) is 2. The molecule has 1 unspecified atom stereocenters. The number of nitrogens with zero attached hydrogens (tertiary/aromatic N) is 4. The summed E-state index contributed by atoms with van der Waals surface area (Å²) < 4.78 is 16.2. The first-order valence-corrected chi connectivity index (χ1v) is 10.8. The Labute approximate surface area is 207 Å². The molecular formula is C22H35IN6O3. The lowest BCUT2D eigenvalue weighted by Gasteiger charge is -2.35. The number of guanidine groups is 1. The molecule has 1 aliphatic rings. The summed E-state index contributed by atoms with van der Waals surface area (Å²) >= 11 is 0. The van der Waals surface area contributed by atoms with Gasteiger partial charge >= 0.3 is 0 Å². The van der Waals surface area contributed by atoms with E-state index in [1.807, 2.05) is 26.0 Å². The summed E-state index contributed by atoms with van der Waals surface area (Å²) in [7, 11) is 3.46. The van der Waals surface area contributed by atoms with E-state index < -0.39 is 0 Å². The van der Waals surface area contributed by atoms with Gasteiger partial charge in [-0.05, 0) is 17.7 Å². The molecular weight excluding hydrogens is 523 g/mol. The quantitative estimate of drug-likeness (QED) is 0.276. The van der Waals surface area contributed by atoms with Gasteiger partial charge in [0.05, 0.1) is 26.4 Å². The lowest BCUT2D eigenvalue weighted by Crippen LogP contribution is -2.46. The molecule has 178 valence electrons.